The van der Waals surface area contributed by atoms with Crippen LogP contribution in [0.4, 0.5) is 15.9 Å². The second kappa shape index (κ2) is 11.6. The Morgan fingerprint density at radius 2 is 1.77 bits per heavy atom. The molecule has 0 atom stereocenters. The van der Waals surface area contributed by atoms with Crippen LogP contribution in [0.1, 0.15) is 22.3 Å². The molecular weight excluding hydrogens is 514 g/mol. The van der Waals surface area contributed by atoms with Crippen molar-refractivity contribution in [2.24, 2.45) is 0 Å². The van der Waals surface area contributed by atoms with Gasteiger partial charge in [-0.15, -0.1) is 0 Å². The fourth-order valence-electron chi connectivity index (χ4n) is 3.33. The van der Waals surface area contributed by atoms with Crippen LogP contribution < -0.4 is 14.8 Å². The molecule has 0 aliphatic heterocycles. The van der Waals surface area contributed by atoms with Crippen molar-refractivity contribution in [2.75, 3.05) is 19.5 Å². The number of aromatic nitrogens is 1. The lowest BCUT2D eigenvalue weighted by atomic mass is 10.0. The highest BCUT2D eigenvalue weighted by Crippen LogP contribution is 2.44. The van der Waals surface area contributed by atoms with Crippen LogP contribution in [0.15, 0.2) is 49.2 Å². The van der Waals surface area contributed by atoms with E-state index in [1.54, 1.807) is 24.3 Å². The summed E-state index contributed by atoms with van der Waals surface area (Å²) < 4.78 is 25.6. The highest BCUT2D eigenvalue weighted by molar-refractivity contribution is 6.39. The number of halogens is 4. The molecule has 0 radical (unpaired) electrons. The molecule has 0 fully saturated rings. The monoisotopic (exact) mass is 534 g/mol. The van der Waals surface area contributed by atoms with Crippen molar-refractivity contribution in [3.8, 4) is 11.5 Å². The highest BCUT2D eigenvalue weighted by Gasteiger charge is 2.20. The number of rotatable bonds is 9. The van der Waals surface area contributed by atoms with Crippen molar-refractivity contribution in [1.29, 1.82) is 0 Å². The maximum absolute atomic E-state index is 15.2. The summed E-state index contributed by atoms with van der Waals surface area (Å²) in [5.74, 6) is 0.138. The summed E-state index contributed by atoms with van der Waals surface area (Å²) in [6, 6.07) is 8.35. The number of nitrogens with one attached hydrogen (secondary N) is 1. The van der Waals surface area contributed by atoms with Crippen molar-refractivity contribution < 1.29 is 18.7 Å². The number of pyridine rings is 1. The van der Waals surface area contributed by atoms with E-state index >= 15 is 4.39 Å². The molecule has 0 bridgehead atoms. The first-order chi connectivity index (χ1) is 16.7. The van der Waals surface area contributed by atoms with E-state index in [2.05, 4.69) is 16.9 Å². The first kappa shape index (κ1) is 26.5. The number of ether oxygens (including phenoxy) is 2. The van der Waals surface area contributed by atoms with E-state index in [9.17, 15) is 4.79 Å². The molecule has 0 amide bonds. The number of carbonyl (C=O) groups excluding carboxylic acids is 1. The van der Waals surface area contributed by atoms with Crippen LogP contribution in [-0.4, -0.2) is 25.0 Å². The average molecular weight is 536 g/mol. The number of allylic oxidation sites excluding steroid dienone is 1. The fourth-order valence-corrected chi connectivity index (χ4v) is 4.17. The van der Waals surface area contributed by atoms with Crippen LogP contribution in [0, 0.1) is 6.92 Å². The van der Waals surface area contributed by atoms with Crippen molar-refractivity contribution in [3.05, 3.63) is 86.5 Å². The molecule has 0 unspecified atom stereocenters. The zero-order chi connectivity index (χ0) is 25.7. The zero-order valence-electron chi connectivity index (χ0n) is 19.2. The summed E-state index contributed by atoms with van der Waals surface area (Å²) in [6.45, 7) is 5.36. The number of ketones is 1. The van der Waals surface area contributed by atoms with E-state index in [1.165, 1.54) is 38.6 Å². The Morgan fingerprint density at radius 3 is 2.31 bits per heavy atom. The van der Waals surface area contributed by atoms with Gasteiger partial charge in [-0.05, 0) is 54.0 Å². The Kier molecular flexibility index (Phi) is 8.78. The van der Waals surface area contributed by atoms with E-state index in [-0.39, 0.29) is 39.3 Å². The van der Waals surface area contributed by atoms with Gasteiger partial charge in [0.05, 0.1) is 29.8 Å². The lowest BCUT2D eigenvalue weighted by Crippen LogP contribution is -2.05. The van der Waals surface area contributed by atoms with E-state index in [4.69, 9.17) is 44.3 Å². The van der Waals surface area contributed by atoms with Gasteiger partial charge < -0.3 is 14.8 Å². The summed E-state index contributed by atoms with van der Waals surface area (Å²) in [4.78, 5) is 16.3. The normalized spacial score (nSPS) is 11.2. The number of methoxy groups -OCH3 is 2. The molecule has 3 rings (SSSR count). The third kappa shape index (κ3) is 5.96. The van der Waals surface area contributed by atoms with Crippen LogP contribution in [-0.2, 0) is 11.2 Å². The summed E-state index contributed by atoms with van der Waals surface area (Å²) >= 11 is 18.9. The molecule has 2 aromatic carbocycles. The van der Waals surface area contributed by atoms with E-state index in [1.807, 2.05) is 6.92 Å². The third-order valence-electron chi connectivity index (χ3n) is 5.22. The molecule has 182 valence electrons. The SMILES string of the molecule is C=CC(=O)Cc1ccc(Cl)c(C)c1Nc1ccc(/C=C(\F)c2c(Cl)c(OC)cc(OC)c2Cl)cn1. The number of carbonyl (C=O) groups is 1. The van der Waals surface area contributed by atoms with Crippen molar-refractivity contribution in [2.45, 2.75) is 13.3 Å². The molecular formula is C26H22Cl3FN2O3. The fraction of sp³-hybridized carbons (Fsp3) is 0.154. The van der Waals surface area contributed by atoms with Gasteiger partial charge in [-0.2, -0.15) is 0 Å². The highest BCUT2D eigenvalue weighted by atomic mass is 35.5. The van der Waals surface area contributed by atoms with Gasteiger partial charge in [0, 0.05) is 29.4 Å². The molecule has 1 N–H and O–H groups in total. The van der Waals surface area contributed by atoms with Crippen molar-refractivity contribution in [3.63, 3.8) is 0 Å². The number of anilines is 2. The molecule has 1 aromatic heterocycles. The summed E-state index contributed by atoms with van der Waals surface area (Å²) in [7, 11) is 2.83. The Labute approximate surface area is 218 Å². The summed E-state index contributed by atoms with van der Waals surface area (Å²) in [5.41, 5.74) is 2.63. The minimum atomic E-state index is -0.685. The van der Waals surface area contributed by atoms with E-state index in [0.29, 0.717) is 22.1 Å². The van der Waals surface area contributed by atoms with Gasteiger partial charge in [-0.25, -0.2) is 9.37 Å². The summed E-state index contributed by atoms with van der Waals surface area (Å²) in [5, 5.41) is 3.80. The molecule has 0 saturated heterocycles. The minimum absolute atomic E-state index is 0.0244. The largest absolute Gasteiger partial charge is 0.495 e. The van der Waals surface area contributed by atoms with E-state index < -0.39 is 5.83 Å². The summed E-state index contributed by atoms with van der Waals surface area (Å²) in [6.07, 6.45) is 4.18. The number of hydrogen-bond acceptors (Lipinski definition) is 5. The topological polar surface area (TPSA) is 60.5 Å². The van der Waals surface area contributed by atoms with E-state index in [0.717, 1.165) is 11.1 Å². The average Bonchev–Trinajstić information content (AvgIpc) is 2.85. The van der Waals surface area contributed by atoms with Gasteiger partial charge in [0.25, 0.3) is 0 Å². The second-order valence-electron chi connectivity index (χ2n) is 7.43. The van der Waals surface area contributed by atoms with Gasteiger partial charge in [0.2, 0.25) is 0 Å². The Morgan fingerprint density at radius 1 is 1.11 bits per heavy atom. The molecule has 0 saturated carbocycles. The number of benzene rings is 2. The van der Waals surface area contributed by atoms with Crippen LogP contribution in [0.25, 0.3) is 11.9 Å². The first-order valence-electron chi connectivity index (χ1n) is 10.3. The quantitative estimate of drug-likeness (QED) is 0.282. The molecule has 35 heavy (non-hydrogen) atoms. The molecule has 9 heteroatoms. The number of nitrogens with zero attached hydrogens (tertiary/aromatic N) is 1. The standard InChI is InChI=1S/C26H22Cl3FN2O3/c1-5-17(33)11-16-7-8-18(27)14(2)26(16)32-22-9-6-15(13-31-22)10-19(30)23-24(28)20(34-3)12-21(35-4)25(23)29/h5-10,12-13H,1,11H2,2-4H3,(H,31,32)/b19-10-. The van der Waals surface area contributed by atoms with Crippen molar-refractivity contribution >= 4 is 64.0 Å². The zero-order valence-corrected chi connectivity index (χ0v) is 21.5. The Bertz CT molecular complexity index is 1280. The first-order valence-corrected chi connectivity index (χ1v) is 11.5. The Balaban J connectivity index is 1.92. The minimum Gasteiger partial charge on any atom is -0.495 e. The van der Waals surface area contributed by atoms with Gasteiger partial charge in [-0.1, -0.05) is 47.4 Å². The van der Waals surface area contributed by atoms with Gasteiger partial charge in [-0.3, -0.25) is 4.79 Å². The maximum atomic E-state index is 15.2. The van der Waals surface area contributed by atoms with Crippen LogP contribution in [0.2, 0.25) is 15.1 Å². The second-order valence-corrected chi connectivity index (χ2v) is 8.59. The molecule has 0 aliphatic rings. The van der Waals surface area contributed by atoms with Gasteiger partial charge >= 0.3 is 0 Å². The lowest BCUT2D eigenvalue weighted by Gasteiger charge is -2.15. The smallest absolute Gasteiger partial charge is 0.159 e. The predicted octanol–water partition coefficient (Wildman–Crippen LogP) is 7.88. The van der Waals surface area contributed by atoms with Crippen LogP contribution in [0.5, 0.6) is 11.5 Å². The molecule has 0 aliphatic carbocycles. The predicted molar refractivity (Wildman–Crippen MR) is 141 cm³/mol. The van der Waals surface area contributed by atoms with Gasteiger partial charge in [0.1, 0.15) is 23.1 Å². The number of hydrogen-bond donors (Lipinski definition) is 1. The molecule has 3 aromatic rings. The molecule has 5 nitrogen and oxygen atoms in total. The Hall–Kier alpha value is -3.06. The molecule has 0 spiro atoms. The third-order valence-corrected chi connectivity index (χ3v) is 6.38. The lowest BCUT2D eigenvalue weighted by molar-refractivity contribution is -0.114. The van der Waals surface area contributed by atoms with Gasteiger partial charge in [0.15, 0.2) is 5.78 Å². The maximum Gasteiger partial charge on any atom is 0.159 e. The van der Waals surface area contributed by atoms with Crippen LogP contribution >= 0.6 is 34.8 Å². The molecule has 1 heterocycles. The van der Waals surface area contributed by atoms with Crippen LogP contribution in [0.3, 0.4) is 0 Å². The van der Waals surface area contributed by atoms with Crippen molar-refractivity contribution in [1.82, 2.24) is 4.98 Å².